The smallest absolute Gasteiger partial charge is 0.163 e. The maximum Gasteiger partial charge on any atom is 0.163 e. The van der Waals surface area contributed by atoms with Crippen molar-refractivity contribution in [1.82, 2.24) is 0 Å². The van der Waals surface area contributed by atoms with Crippen molar-refractivity contribution in [2.75, 3.05) is 0 Å². The fourth-order valence-corrected chi connectivity index (χ4v) is 4.70. The quantitative estimate of drug-likeness (QED) is 0.421. The Morgan fingerprint density at radius 1 is 0.926 bits per heavy atom. The number of ketones is 1. The average Bonchev–Trinajstić information content (AvgIpc) is 3.03. The van der Waals surface area contributed by atoms with E-state index in [2.05, 4.69) is 66.8 Å². The van der Waals surface area contributed by atoms with Crippen LogP contribution in [0.4, 0.5) is 0 Å². The van der Waals surface area contributed by atoms with Gasteiger partial charge in [0.05, 0.1) is 0 Å². The van der Waals surface area contributed by atoms with E-state index in [1.165, 1.54) is 31.4 Å². The highest BCUT2D eigenvalue weighted by Gasteiger charge is 2.25. The maximum atomic E-state index is 12.2. The molecular formula is C24H21IO2. The number of aryl methyl sites for hydroxylation is 2. The van der Waals surface area contributed by atoms with Crippen LogP contribution in [0.25, 0.3) is 11.1 Å². The monoisotopic (exact) mass is 468 g/mol. The predicted molar refractivity (Wildman–Crippen MR) is 117 cm³/mol. The van der Waals surface area contributed by atoms with E-state index in [-0.39, 0.29) is 5.78 Å². The maximum absolute atomic E-state index is 12.2. The second-order valence-electron chi connectivity index (χ2n) is 7.08. The van der Waals surface area contributed by atoms with E-state index < -0.39 is 0 Å². The number of ether oxygens (including phenoxy) is 1. The first-order chi connectivity index (χ1) is 13.0. The van der Waals surface area contributed by atoms with Crippen LogP contribution in [-0.2, 0) is 13.0 Å². The van der Waals surface area contributed by atoms with Crippen LogP contribution in [0.15, 0.2) is 54.6 Å². The highest BCUT2D eigenvalue weighted by molar-refractivity contribution is 14.1. The van der Waals surface area contributed by atoms with Gasteiger partial charge in [-0.1, -0.05) is 36.4 Å². The van der Waals surface area contributed by atoms with E-state index in [0.29, 0.717) is 13.0 Å². The summed E-state index contributed by atoms with van der Waals surface area (Å²) in [5.41, 5.74) is 8.09. The van der Waals surface area contributed by atoms with Crippen LogP contribution in [0.2, 0.25) is 0 Å². The van der Waals surface area contributed by atoms with Gasteiger partial charge in [0.2, 0.25) is 0 Å². The summed E-state index contributed by atoms with van der Waals surface area (Å²) in [6.07, 6.45) is 1.46. The molecule has 0 amide bonds. The van der Waals surface area contributed by atoms with Crippen molar-refractivity contribution in [3.63, 3.8) is 0 Å². The van der Waals surface area contributed by atoms with Crippen LogP contribution >= 0.6 is 22.6 Å². The van der Waals surface area contributed by atoms with Gasteiger partial charge in [-0.25, -0.2) is 0 Å². The molecule has 0 fully saturated rings. The molecule has 1 aliphatic carbocycles. The minimum absolute atomic E-state index is 0.265. The van der Waals surface area contributed by atoms with Gasteiger partial charge in [-0.3, -0.25) is 4.79 Å². The largest absolute Gasteiger partial charge is 0.489 e. The van der Waals surface area contributed by atoms with Crippen molar-refractivity contribution < 1.29 is 9.53 Å². The first-order valence-electron chi connectivity index (χ1n) is 9.17. The number of rotatable bonds is 4. The van der Waals surface area contributed by atoms with Gasteiger partial charge in [0.15, 0.2) is 5.78 Å². The molecule has 0 spiro atoms. The summed E-state index contributed by atoms with van der Waals surface area (Å²) >= 11 is 2.39. The lowest BCUT2D eigenvalue weighted by Gasteiger charge is -2.18. The summed E-state index contributed by atoms with van der Waals surface area (Å²) in [6, 6.07) is 18.5. The lowest BCUT2D eigenvalue weighted by molar-refractivity contribution is 0.0994. The molecule has 0 bridgehead atoms. The molecule has 2 nitrogen and oxygen atoms in total. The molecule has 27 heavy (non-hydrogen) atoms. The van der Waals surface area contributed by atoms with Crippen LogP contribution in [0.5, 0.6) is 5.75 Å². The predicted octanol–water partition coefficient (Wildman–Crippen LogP) is 6.28. The lowest BCUT2D eigenvalue weighted by Crippen LogP contribution is -2.00. The molecule has 0 heterocycles. The summed E-state index contributed by atoms with van der Waals surface area (Å²) in [4.78, 5) is 12.2. The number of hydrogen-bond donors (Lipinski definition) is 0. The van der Waals surface area contributed by atoms with Gasteiger partial charge in [0.1, 0.15) is 12.4 Å². The van der Waals surface area contributed by atoms with Crippen LogP contribution < -0.4 is 4.74 Å². The van der Waals surface area contributed by atoms with E-state index in [9.17, 15) is 4.79 Å². The van der Waals surface area contributed by atoms with Gasteiger partial charge < -0.3 is 4.74 Å². The van der Waals surface area contributed by atoms with Crippen LogP contribution in [0, 0.1) is 17.4 Å². The summed E-state index contributed by atoms with van der Waals surface area (Å²) in [7, 11) is 0. The number of halogens is 1. The number of carbonyl (C=O) groups excluding carboxylic acids is 1. The number of benzene rings is 3. The Bertz CT molecular complexity index is 999. The molecule has 3 heteroatoms. The Hall–Kier alpha value is -2.14. The fourth-order valence-electron chi connectivity index (χ4n) is 3.93. The highest BCUT2D eigenvalue weighted by Crippen LogP contribution is 2.40. The van der Waals surface area contributed by atoms with E-state index in [1.807, 2.05) is 24.3 Å². The normalized spacial score (nSPS) is 12.9. The third kappa shape index (κ3) is 3.53. The van der Waals surface area contributed by atoms with Gasteiger partial charge in [-0.15, -0.1) is 0 Å². The van der Waals surface area contributed by atoms with Crippen LogP contribution in [0.1, 0.15) is 39.0 Å². The number of fused-ring (bicyclic) bond motifs is 1. The van der Waals surface area contributed by atoms with Gasteiger partial charge in [0.25, 0.3) is 0 Å². The van der Waals surface area contributed by atoms with Crippen LogP contribution in [-0.4, -0.2) is 5.78 Å². The Balaban J connectivity index is 1.71. The summed E-state index contributed by atoms with van der Waals surface area (Å²) < 4.78 is 7.23. The summed E-state index contributed by atoms with van der Waals surface area (Å²) in [6.45, 7) is 4.82. The van der Waals surface area contributed by atoms with E-state index in [1.54, 1.807) is 0 Å². The Labute approximate surface area is 173 Å². The molecule has 0 saturated carbocycles. The van der Waals surface area contributed by atoms with Crippen molar-refractivity contribution in [3.8, 4) is 16.9 Å². The molecule has 0 aliphatic heterocycles. The van der Waals surface area contributed by atoms with Gasteiger partial charge >= 0.3 is 0 Å². The van der Waals surface area contributed by atoms with Crippen LogP contribution in [0.3, 0.4) is 0 Å². The molecule has 0 atom stereocenters. The topological polar surface area (TPSA) is 26.3 Å². The van der Waals surface area contributed by atoms with Crippen molar-refractivity contribution >= 4 is 28.4 Å². The third-order valence-corrected chi connectivity index (χ3v) is 6.07. The third-order valence-electron chi connectivity index (χ3n) is 5.17. The van der Waals surface area contributed by atoms with Crippen molar-refractivity contribution in [2.24, 2.45) is 0 Å². The molecule has 0 radical (unpaired) electrons. The SMILES string of the molecule is Cc1cc(OCc2ccccc2)cc(C)c1-c1c(I)ccc2c1CCC2=O. The van der Waals surface area contributed by atoms with E-state index in [0.717, 1.165) is 23.3 Å². The number of carbonyl (C=O) groups is 1. The second kappa shape index (κ2) is 7.47. The zero-order valence-electron chi connectivity index (χ0n) is 15.5. The van der Waals surface area contributed by atoms with Crippen molar-refractivity contribution in [1.29, 1.82) is 0 Å². The minimum Gasteiger partial charge on any atom is -0.489 e. The molecular weight excluding hydrogens is 447 g/mol. The first-order valence-corrected chi connectivity index (χ1v) is 10.3. The fraction of sp³-hybridized carbons (Fsp3) is 0.208. The average molecular weight is 468 g/mol. The molecule has 0 saturated heterocycles. The zero-order chi connectivity index (χ0) is 19.0. The molecule has 0 N–H and O–H groups in total. The van der Waals surface area contributed by atoms with Gasteiger partial charge in [-0.2, -0.15) is 0 Å². The zero-order valence-corrected chi connectivity index (χ0v) is 17.7. The lowest BCUT2D eigenvalue weighted by atomic mass is 9.90. The Morgan fingerprint density at radius 3 is 2.33 bits per heavy atom. The molecule has 0 aromatic heterocycles. The van der Waals surface area contributed by atoms with Crippen molar-refractivity contribution in [2.45, 2.75) is 33.3 Å². The summed E-state index contributed by atoms with van der Waals surface area (Å²) in [5, 5.41) is 0. The van der Waals surface area contributed by atoms with Gasteiger partial charge in [-0.05, 0) is 94.4 Å². The Kier molecular flexibility index (Phi) is 5.04. The highest BCUT2D eigenvalue weighted by atomic mass is 127. The number of Topliss-reactive ketones (excluding diaryl/α,β-unsaturated/α-hetero) is 1. The molecule has 0 unspecified atom stereocenters. The number of hydrogen-bond acceptors (Lipinski definition) is 2. The first kappa shape index (κ1) is 18.2. The van der Waals surface area contributed by atoms with E-state index in [4.69, 9.17) is 4.74 Å². The van der Waals surface area contributed by atoms with Crippen molar-refractivity contribution in [3.05, 3.63) is 86.0 Å². The Morgan fingerprint density at radius 2 is 1.63 bits per heavy atom. The second-order valence-corrected chi connectivity index (χ2v) is 8.24. The standard InChI is InChI=1S/C24H21IO2/c1-15-12-18(27-14-17-6-4-3-5-7-17)13-16(2)23(15)24-20-9-11-22(26)19(20)8-10-21(24)25/h3-8,10,12-13H,9,11,14H2,1-2H3. The summed E-state index contributed by atoms with van der Waals surface area (Å²) in [5.74, 6) is 1.15. The van der Waals surface area contributed by atoms with Gasteiger partial charge in [0, 0.05) is 15.6 Å². The molecule has 3 aromatic rings. The molecule has 4 rings (SSSR count). The molecule has 1 aliphatic rings. The molecule has 136 valence electrons. The minimum atomic E-state index is 0.265. The molecule has 3 aromatic carbocycles. The van der Waals surface area contributed by atoms with E-state index >= 15 is 0 Å².